The van der Waals surface area contributed by atoms with Gasteiger partial charge in [0.05, 0.1) is 10.8 Å². The molecule has 2 aromatic rings. The molecular formula is C15H13Cl2NOS. The summed E-state index contributed by atoms with van der Waals surface area (Å²) in [6.45, 7) is 1.41. The second kappa shape index (κ2) is 5.76. The summed E-state index contributed by atoms with van der Waals surface area (Å²) in [7, 11) is 0. The summed E-state index contributed by atoms with van der Waals surface area (Å²) in [5.74, 6) is 0.117. The van der Waals surface area contributed by atoms with Gasteiger partial charge in [0.2, 0.25) is 5.91 Å². The average molecular weight is 326 g/mol. The Morgan fingerprint density at radius 3 is 2.90 bits per heavy atom. The Bertz CT molecular complexity index is 653. The summed E-state index contributed by atoms with van der Waals surface area (Å²) < 4.78 is 0.801. The Morgan fingerprint density at radius 2 is 2.10 bits per heavy atom. The highest BCUT2D eigenvalue weighted by Crippen LogP contribution is 2.31. The number of thiophene rings is 1. The van der Waals surface area contributed by atoms with Crippen LogP contribution in [-0.4, -0.2) is 17.4 Å². The maximum Gasteiger partial charge on any atom is 0.227 e. The fourth-order valence-corrected chi connectivity index (χ4v) is 3.92. The van der Waals surface area contributed by atoms with E-state index >= 15 is 0 Å². The molecule has 0 unspecified atom stereocenters. The van der Waals surface area contributed by atoms with Crippen molar-refractivity contribution in [2.75, 3.05) is 6.54 Å². The third-order valence-corrected chi connectivity index (χ3v) is 5.22. The van der Waals surface area contributed by atoms with Crippen LogP contribution in [0.15, 0.2) is 30.3 Å². The van der Waals surface area contributed by atoms with Gasteiger partial charge in [-0.3, -0.25) is 4.79 Å². The first-order valence-electron chi connectivity index (χ1n) is 6.42. The zero-order valence-electron chi connectivity index (χ0n) is 10.7. The fourth-order valence-electron chi connectivity index (χ4n) is 2.43. The number of hydrogen-bond acceptors (Lipinski definition) is 2. The maximum atomic E-state index is 12.4. The molecule has 0 fully saturated rings. The van der Waals surface area contributed by atoms with E-state index in [4.69, 9.17) is 23.2 Å². The van der Waals surface area contributed by atoms with Gasteiger partial charge >= 0.3 is 0 Å². The summed E-state index contributed by atoms with van der Waals surface area (Å²) in [6, 6.07) is 9.46. The lowest BCUT2D eigenvalue weighted by Gasteiger charge is -2.27. The van der Waals surface area contributed by atoms with E-state index < -0.39 is 0 Å². The molecule has 0 N–H and O–H groups in total. The lowest BCUT2D eigenvalue weighted by molar-refractivity contribution is -0.131. The van der Waals surface area contributed by atoms with Gasteiger partial charge in [0.15, 0.2) is 0 Å². The maximum absolute atomic E-state index is 12.4. The van der Waals surface area contributed by atoms with Crippen LogP contribution in [0.3, 0.4) is 0 Å². The second-order valence-electron chi connectivity index (χ2n) is 4.83. The molecule has 104 valence electrons. The van der Waals surface area contributed by atoms with E-state index in [0.29, 0.717) is 18.0 Å². The molecule has 1 amide bonds. The zero-order valence-corrected chi connectivity index (χ0v) is 13.1. The Morgan fingerprint density at radius 1 is 1.30 bits per heavy atom. The molecule has 1 aromatic heterocycles. The van der Waals surface area contributed by atoms with Crippen molar-refractivity contribution in [1.29, 1.82) is 0 Å². The van der Waals surface area contributed by atoms with Crippen LogP contribution in [-0.2, 0) is 24.2 Å². The lowest BCUT2D eigenvalue weighted by Crippen LogP contribution is -2.36. The van der Waals surface area contributed by atoms with Gasteiger partial charge < -0.3 is 4.90 Å². The Kier molecular flexibility index (Phi) is 4.01. The summed E-state index contributed by atoms with van der Waals surface area (Å²) >= 11 is 13.7. The predicted molar refractivity (Wildman–Crippen MR) is 83.6 cm³/mol. The minimum Gasteiger partial charge on any atom is -0.338 e. The van der Waals surface area contributed by atoms with Crippen LogP contribution in [0.2, 0.25) is 9.36 Å². The number of halogens is 2. The van der Waals surface area contributed by atoms with Crippen molar-refractivity contribution in [3.05, 3.63) is 55.7 Å². The molecule has 0 atom stereocenters. The minimum atomic E-state index is 0.117. The van der Waals surface area contributed by atoms with Crippen molar-refractivity contribution < 1.29 is 4.79 Å². The number of carbonyl (C=O) groups excluding carboxylic acids is 1. The van der Waals surface area contributed by atoms with Crippen molar-refractivity contribution in [3.63, 3.8) is 0 Å². The highest BCUT2D eigenvalue weighted by Gasteiger charge is 2.23. The van der Waals surface area contributed by atoms with Crippen molar-refractivity contribution in [1.82, 2.24) is 4.90 Å². The van der Waals surface area contributed by atoms with Crippen LogP contribution in [0.25, 0.3) is 0 Å². The Hall–Kier alpha value is -1.03. The van der Waals surface area contributed by atoms with Crippen LogP contribution < -0.4 is 0 Å². The van der Waals surface area contributed by atoms with E-state index in [1.54, 1.807) is 11.3 Å². The first-order chi connectivity index (χ1) is 9.63. The number of amides is 1. The van der Waals surface area contributed by atoms with Gasteiger partial charge in [-0.15, -0.1) is 11.3 Å². The molecule has 0 bridgehead atoms. The molecule has 5 heteroatoms. The monoisotopic (exact) mass is 325 g/mol. The van der Waals surface area contributed by atoms with E-state index in [1.165, 1.54) is 10.4 Å². The van der Waals surface area contributed by atoms with E-state index in [2.05, 4.69) is 0 Å². The van der Waals surface area contributed by atoms with E-state index in [1.807, 2.05) is 35.2 Å². The van der Waals surface area contributed by atoms with Gasteiger partial charge in [-0.1, -0.05) is 41.4 Å². The molecule has 0 saturated heterocycles. The van der Waals surface area contributed by atoms with Crippen LogP contribution >= 0.6 is 34.5 Å². The summed E-state index contributed by atoms with van der Waals surface area (Å²) in [5.41, 5.74) is 2.06. The zero-order chi connectivity index (χ0) is 14.1. The SMILES string of the molecule is O=C(Cc1ccccc1Cl)N1CCc2sc(Cl)cc2C1. The van der Waals surface area contributed by atoms with Gasteiger partial charge in [-0.25, -0.2) is 0 Å². The molecule has 2 nitrogen and oxygen atoms in total. The van der Waals surface area contributed by atoms with Crippen LogP contribution in [0.4, 0.5) is 0 Å². The summed E-state index contributed by atoms with van der Waals surface area (Å²) in [4.78, 5) is 15.6. The summed E-state index contributed by atoms with van der Waals surface area (Å²) in [6.07, 6.45) is 1.24. The summed E-state index contributed by atoms with van der Waals surface area (Å²) in [5, 5.41) is 0.650. The molecule has 2 heterocycles. The Labute approximate surface area is 131 Å². The predicted octanol–water partition coefficient (Wildman–Crippen LogP) is 4.18. The van der Waals surface area contributed by atoms with E-state index in [9.17, 15) is 4.79 Å². The minimum absolute atomic E-state index is 0.117. The van der Waals surface area contributed by atoms with E-state index in [0.717, 1.165) is 22.9 Å². The van der Waals surface area contributed by atoms with Crippen molar-refractivity contribution >= 4 is 40.4 Å². The van der Waals surface area contributed by atoms with Crippen LogP contribution in [0.1, 0.15) is 16.0 Å². The van der Waals surface area contributed by atoms with Crippen molar-refractivity contribution in [3.8, 4) is 0 Å². The molecule has 0 radical (unpaired) electrons. The number of benzene rings is 1. The fraction of sp³-hybridized carbons (Fsp3) is 0.267. The highest BCUT2D eigenvalue weighted by atomic mass is 35.5. The smallest absolute Gasteiger partial charge is 0.227 e. The molecule has 1 aliphatic heterocycles. The average Bonchev–Trinajstić information content (AvgIpc) is 2.80. The lowest BCUT2D eigenvalue weighted by atomic mass is 10.1. The molecule has 3 rings (SSSR count). The topological polar surface area (TPSA) is 20.3 Å². The number of hydrogen-bond donors (Lipinski definition) is 0. The van der Waals surface area contributed by atoms with Gasteiger partial charge in [0.25, 0.3) is 0 Å². The molecule has 0 saturated carbocycles. The number of carbonyl (C=O) groups is 1. The highest BCUT2D eigenvalue weighted by molar-refractivity contribution is 7.16. The molecular weight excluding hydrogens is 313 g/mol. The van der Waals surface area contributed by atoms with Crippen molar-refractivity contribution in [2.45, 2.75) is 19.4 Å². The molecule has 0 aliphatic carbocycles. The quantitative estimate of drug-likeness (QED) is 0.811. The number of fused-ring (bicyclic) bond motifs is 1. The van der Waals surface area contributed by atoms with Crippen molar-refractivity contribution in [2.24, 2.45) is 0 Å². The first-order valence-corrected chi connectivity index (χ1v) is 7.99. The van der Waals surface area contributed by atoms with Gasteiger partial charge in [0, 0.05) is 23.0 Å². The molecule has 1 aromatic carbocycles. The molecule has 20 heavy (non-hydrogen) atoms. The molecule has 1 aliphatic rings. The van der Waals surface area contributed by atoms with Crippen LogP contribution in [0, 0.1) is 0 Å². The standard InChI is InChI=1S/C15H13Cl2NOS/c16-12-4-2-1-3-10(12)8-15(19)18-6-5-13-11(9-18)7-14(17)20-13/h1-4,7H,5-6,8-9H2. The van der Waals surface area contributed by atoms with Gasteiger partial charge in [0.1, 0.15) is 0 Å². The third-order valence-electron chi connectivity index (χ3n) is 3.49. The van der Waals surface area contributed by atoms with Crippen LogP contribution in [0.5, 0.6) is 0 Å². The normalized spacial score (nSPS) is 14.2. The Balaban J connectivity index is 1.72. The molecule has 0 spiro atoms. The third kappa shape index (κ3) is 2.85. The largest absolute Gasteiger partial charge is 0.338 e. The number of rotatable bonds is 2. The van der Waals surface area contributed by atoms with Gasteiger partial charge in [-0.05, 0) is 29.7 Å². The number of nitrogens with zero attached hydrogens (tertiary/aromatic N) is 1. The van der Waals surface area contributed by atoms with Gasteiger partial charge in [-0.2, -0.15) is 0 Å². The first kappa shape index (κ1) is 13.9. The van der Waals surface area contributed by atoms with E-state index in [-0.39, 0.29) is 5.91 Å². The second-order valence-corrected chi connectivity index (χ2v) is 7.01.